The number of carbonyl (C=O) groups excluding carboxylic acids is 2. The molecule has 5 rings (SSSR count). The maximum absolute atomic E-state index is 14.3. The molecule has 8 heteroatoms. The lowest BCUT2D eigenvalue weighted by Crippen LogP contribution is -2.35. The standard InChI is InChI=1S/C30H27N3O4S/c1-30(2,3)37-29(35)26-27(21-10-7-14-31-18-21)38-17-16-33(26)28(34)25-22-13-15-32-23(22)11-12-24(25)36-19-20-8-5-4-6-9-20/h4-18,32H,19H2,1-3H3. The zero-order valence-corrected chi connectivity index (χ0v) is 22.1. The van der Waals surface area contributed by atoms with Crippen molar-refractivity contribution in [3.05, 3.63) is 113 Å². The SMILES string of the molecule is CC(C)(C)OC(=O)C1=C(c2cccnc2)SC=CN1C(=O)c1c(OCc2ccccc2)ccc2[nH]ccc12. The molecule has 0 atom stereocenters. The van der Waals surface area contributed by atoms with Gasteiger partial charge in [-0.25, -0.2) is 4.79 Å². The van der Waals surface area contributed by atoms with Crippen molar-refractivity contribution >= 4 is 39.4 Å². The molecule has 0 radical (unpaired) electrons. The van der Waals surface area contributed by atoms with Gasteiger partial charge >= 0.3 is 5.97 Å². The molecule has 0 bridgehead atoms. The largest absolute Gasteiger partial charge is 0.488 e. The molecule has 2 aromatic carbocycles. The molecule has 4 aromatic rings. The third kappa shape index (κ3) is 5.35. The number of hydrogen-bond donors (Lipinski definition) is 1. The van der Waals surface area contributed by atoms with Crippen molar-refractivity contribution in [1.29, 1.82) is 0 Å². The molecule has 0 spiro atoms. The number of rotatable bonds is 6. The van der Waals surface area contributed by atoms with E-state index in [0.29, 0.717) is 33.8 Å². The number of nitrogens with zero attached hydrogens (tertiary/aromatic N) is 2. The van der Waals surface area contributed by atoms with Crippen LogP contribution in [0, 0.1) is 0 Å². The molecule has 3 heterocycles. The number of hydrogen-bond acceptors (Lipinski definition) is 6. The molecule has 1 amide bonds. The summed E-state index contributed by atoms with van der Waals surface area (Å²) in [5, 5.41) is 2.47. The van der Waals surface area contributed by atoms with E-state index < -0.39 is 17.5 Å². The molecule has 7 nitrogen and oxygen atoms in total. The van der Waals surface area contributed by atoms with Crippen molar-refractivity contribution in [1.82, 2.24) is 14.9 Å². The second kappa shape index (κ2) is 10.6. The maximum Gasteiger partial charge on any atom is 0.357 e. The number of esters is 1. The Bertz CT molecular complexity index is 1540. The molecule has 1 aliphatic heterocycles. The normalized spacial score (nSPS) is 13.6. The fraction of sp³-hybridized carbons (Fsp3) is 0.167. The first-order valence-electron chi connectivity index (χ1n) is 12.1. The minimum atomic E-state index is -0.755. The highest BCUT2D eigenvalue weighted by molar-refractivity contribution is 8.11. The summed E-state index contributed by atoms with van der Waals surface area (Å²) in [5.74, 6) is -0.587. The summed E-state index contributed by atoms with van der Waals surface area (Å²) < 4.78 is 11.9. The van der Waals surface area contributed by atoms with Gasteiger partial charge in [0.05, 0.1) is 10.5 Å². The van der Waals surface area contributed by atoms with Crippen LogP contribution < -0.4 is 4.74 Å². The Morgan fingerprint density at radius 2 is 1.84 bits per heavy atom. The van der Waals surface area contributed by atoms with Crippen LogP contribution in [-0.4, -0.2) is 32.3 Å². The summed E-state index contributed by atoms with van der Waals surface area (Å²) in [5.41, 5.74) is 2.19. The van der Waals surface area contributed by atoms with Gasteiger partial charge in [-0.3, -0.25) is 14.7 Å². The van der Waals surface area contributed by atoms with Crippen molar-refractivity contribution in [2.75, 3.05) is 0 Å². The number of ether oxygens (including phenoxy) is 2. The van der Waals surface area contributed by atoms with Gasteiger partial charge in [-0.05, 0) is 56.0 Å². The van der Waals surface area contributed by atoms with E-state index >= 15 is 0 Å². The molecule has 0 unspecified atom stereocenters. The molecule has 192 valence electrons. The highest BCUT2D eigenvalue weighted by Gasteiger charge is 2.35. The van der Waals surface area contributed by atoms with Crippen LogP contribution >= 0.6 is 11.8 Å². The lowest BCUT2D eigenvalue weighted by Gasteiger charge is -2.29. The third-order valence-corrected chi connectivity index (χ3v) is 6.66. The number of H-pyrrole nitrogens is 1. The number of benzene rings is 2. The van der Waals surface area contributed by atoms with Gasteiger partial charge in [0, 0.05) is 41.3 Å². The van der Waals surface area contributed by atoms with Gasteiger partial charge in [0.1, 0.15) is 23.7 Å². The number of amides is 1. The first kappa shape index (κ1) is 25.4. The molecule has 38 heavy (non-hydrogen) atoms. The van der Waals surface area contributed by atoms with Gasteiger partial charge in [-0.2, -0.15) is 0 Å². The molecule has 0 saturated carbocycles. The monoisotopic (exact) mass is 525 g/mol. The minimum absolute atomic E-state index is 0.131. The molecular formula is C30H27N3O4S. The van der Waals surface area contributed by atoms with Gasteiger partial charge in [-0.15, -0.1) is 0 Å². The second-order valence-corrected chi connectivity index (χ2v) is 10.6. The van der Waals surface area contributed by atoms with Gasteiger partial charge in [0.15, 0.2) is 0 Å². The highest BCUT2D eigenvalue weighted by Crippen LogP contribution is 2.40. The Morgan fingerprint density at radius 3 is 2.58 bits per heavy atom. The van der Waals surface area contributed by atoms with Gasteiger partial charge in [0.2, 0.25) is 0 Å². The van der Waals surface area contributed by atoms with Crippen LogP contribution in [0.5, 0.6) is 5.75 Å². The van der Waals surface area contributed by atoms with Crippen molar-refractivity contribution in [2.24, 2.45) is 0 Å². The summed E-state index contributed by atoms with van der Waals surface area (Å²) in [6.07, 6.45) is 6.69. The zero-order valence-electron chi connectivity index (χ0n) is 21.3. The van der Waals surface area contributed by atoms with Gasteiger partial charge < -0.3 is 14.5 Å². The quantitative estimate of drug-likeness (QED) is 0.289. The average molecular weight is 526 g/mol. The van der Waals surface area contributed by atoms with Crippen LogP contribution in [0.1, 0.15) is 42.3 Å². The van der Waals surface area contributed by atoms with Gasteiger partial charge in [0.25, 0.3) is 5.91 Å². The fourth-order valence-corrected chi connectivity index (χ4v) is 4.97. The second-order valence-electron chi connectivity index (χ2n) is 9.65. The zero-order chi connectivity index (χ0) is 26.7. The van der Waals surface area contributed by atoms with Crippen LogP contribution in [0.2, 0.25) is 0 Å². The van der Waals surface area contributed by atoms with E-state index in [1.807, 2.05) is 48.5 Å². The topological polar surface area (TPSA) is 84.5 Å². The van der Waals surface area contributed by atoms with E-state index in [9.17, 15) is 9.59 Å². The Balaban J connectivity index is 1.60. The Morgan fingerprint density at radius 1 is 1.03 bits per heavy atom. The Hall–Kier alpha value is -4.30. The van der Waals surface area contributed by atoms with E-state index in [1.54, 1.807) is 63.1 Å². The van der Waals surface area contributed by atoms with Crippen molar-refractivity contribution in [3.63, 3.8) is 0 Å². The lowest BCUT2D eigenvalue weighted by molar-refractivity contribution is -0.151. The van der Waals surface area contributed by atoms with E-state index in [-0.39, 0.29) is 5.70 Å². The molecule has 0 aliphatic carbocycles. The maximum atomic E-state index is 14.3. The predicted octanol–water partition coefficient (Wildman–Crippen LogP) is 6.51. The van der Waals surface area contributed by atoms with Crippen LogP contribution in [0.15, 0.2) is 96.6 Å². The Labute approximate surface area is 225 Å². The van der Waals surface area contributed by atoms with E-state index in [2.05, 4.69) is 9.97 Å². The van der Waals surface area contributed by atoms with E-state index in [0.717, 1.165) is 11.1 Å². The van der Waals surface area contributed by atoms with E-state index in [4.69, 9.17) is 9.47 Å². The number of carbonyl (C=O) groups is 2. The van der Waals surface area contributed by atoms with Crippen LogP contribution in [0.25, 0.3) is 15.8 Å². The summed E-state index contributed by atoms with van der Waals surface area (Å²) in [4.78, 5) is 37.2. The number of aromatic amines is 1. The Kier molecular flexibility index (Phi) is 7.07. The number of thioether (sulfide) groups is 1. The number of aromatic nitrogens is 2. The smallest absolute Gasteiger partial charge is 0.357 e. The average Bonchev–Trinajstić information content (AvgIpc) is 3.40. The lowest BCUT2D eigenvalue weighted by atomic mass is 10.1. The van der Waals surface area contributed by atoms with E-state index in [1.165, 1.54) is 16.7 Å². The summed E-state index contributed by atoms with van der Waals surface area (Å²) in [6, 6.07) is 18.9. The number of nitrogens with one attached hydrogen (secondary N) is 1. The molecule has 0 fully saturated rings. The van der Waals surface area contributed by atoms with Crippen molar-refractivity contribution in [2.45, 2.75) is 33.0 Å². The summed E-state index contributed by atoms with van der Waals surface area (Å²) in [7, 11) is 0. The van der Waals surface area contributed by atoms with Crippen LogP contribution in [-0.2, 0) is 16.1 Å². The molecule has 0 saturated heterocycles. The third-order valence-electron chi connectivity index (χ3n) is 5.73. The summed E-state index contributed by atoms with van der Waals surface area (Å²) in [6.45, 7) is 5.67. The van der Waals surface area contributed by atoms with Crippen LogP contribution in [0.4, 0.5) is 0 Å². The predicted molar refractivity (Wildman–Crippen MR) is 149 cm³/mol. The molecule has 1 N–H and O–H groups in total. The van der Waals surface area contributed by atoms with Crippen LogP contribution in [0.3, 0.4) is 0 Å². The first-order chi connectivity index (χ1) is 18.3. The number of pyridine rings is 1. The van der Waals surface area contributed by atoms with Crippen molar-refractivity contribution < 1.29 is 19.1 Å². The first-order valence-corrected chi connectivity index (χ1v) is 13.0. The number of fused-ring (bicyclic) bond motifs is 1. The van der Waals surface area contributed by atoms with Crippen molar-refractivity contribution in [3.8, 4) is 5.75 Å². The van der Waals surface area contributed by atoms with Gasteiger partial charge in [-0.1, -0.05) is 48.2 Å². The minimum Gasteiger partial charge on any atom is -0.488 e. The molecular weight excluding hydrogens is 498 g/mol. The molecule has 1 aliphatic rings. The fourth-order valence-electron chi connectivity index (χ4n) is 4.10. The highest BCUT2D eigenvalue weighted by atomic mass is 32.2. The summed E-state index contributed by atoms with van der Waals surface area (Å²) >= 11 is 1.34. The molecule has 2 aromatic heterocycles.